The summed E-state index contributed by atoms with van der Waals surface area (Å²) < 4.78 is 0. The first-order valence-corrected chi connectivity index (χ1v) is 2.50. The lowest BCUT2D eigenvalue weighted by atomic mass is 10.2. The summed E-state index contributed by atoms with van der Waals surface area (Å²) >= 11 is 0. The Bertz CT molecular complexity index is 168. The number of carbonyl (C=O) groups is 2. The maximum absolute atomic E-state index is 10.0. The number of hydrogen-bond donors (Lipinski definition) is 4. The Labute approximate surface area is 60.9 Å². The Hall–Kier alpha value is -1.18. The highest BCUT2D eigenvalue weighted by Crippen LogP contribution is 1.96. The van der Waals surface area contributed by atoms with Crippen LogP contribution in [0.15, 0.2) is 0 Å². The smallest absolute Gasteiger partial charge is 0.338 e. The lowest BCUT2D eigenvalue weighted by molar-refractivity contribution is -0.171. The minimum absolute atomic E-state index is 1.64. The van der Waals surface area contributed by atoms with Crippen LogP contribution in [0.3, 0.4) is 0 Å². The lowest BCUT2D eigenvalue weighted by Crippen LogP contribution is -2.43. The molecule has 0 aliphatic heterocycles. The standard InChI is InChI=1S/C4H7NO6/c5-11-2(4(9)10)1(6)3(7)8/h1-2,6H,5H2,(H,7,8)(H,9,10)/t1-,2-/m1/s1. The van der Waals surface area contributed by atoms with Crippen LogP contribution >= 0.6 is 0 Å². The predicted octanol–water partition coefficient (Wildman–Crippen LogP) is -2.22. The minimum Gasteiger partial charge on any atom is -0.479 e. The number of aliphatic hydroxyl groups excluding tert-OH is 1. The summed E-state index contributed by atoms with van der Waals surface area (Å²) in [7, 11) is 0. The number of carboxylic acids is 2. The Morgan fingerprint density at radius 3 is 1.82 bits per heavy atom. The van der Waals surface area contributed by atoms with Gasteiger partial charge in [-0.15, -0.1) is 0 Å². The minimum atomic E-state index is -2.16. The molecule has 0 radical (unpaired) electrons. The highest BCUT2D eigenvalue weighted by atomic mass is 16.6. The molecule has 0 heterocycles. The molecule has 0 amide bonds. The van der Waals surface area contributed by atoms with E-state index in [1.165, 1.54) is 0 Å². The number of aliphatic carboxylic acids is 2. The van der Waals surface area contributed by atoms with Crippen molar-refractivity contribution in [2.45, 2.75) is 12.2 Å². The number of hydrogen-bond acceptors (Lipinski definition) is 5. The van der Waals surface area contributed by atoms with Crippen molar-refractivity contribution in [2.75, 3.05) is 0 Å². The van der Waals surface area contributed by atoms with E-state index in [0.717, 1.165) is 0 Å². The highest BCUT2D eigenvalue weighted by Gasteiger charge is 2.32. The molecule has 0 unspecified atom stereocenters. The molecule has 0 aliphatic carbocycles. The molecule has 2 atom stereocenters. The second-order valence-corrected chi connectivity index (χ2v) is 1.68. The van der Waals surface area contributed by atoms with E-state index in [9.17, 15) is 9.59 Å². The monoisotopic (exact) mass is 165 g/mol. The summed E-state index contributed by atoms with van der Waals surface area (Å²) in [5, 5.41) is 24.8. The first-order valence-electron chi connectivity index (χ1n) is 2.50. The summed E-state index contributed by atoms with van der Waals surface area (Å²) in [4.78, 5) is 23.7. The van der Waals surface area contributed by atoms with Crippen LogP contribution in [0.4, 0.5) is 0 Å². The SMILES string of the molecule is NO[C@@H](C(=O)O)[C@@H](O)C(=O)O. The van der Waals surface area contributed by atoms with Crippen LogP contribution in [0, 0.1) is 0 Å². The highest BCUT2D eigenvalue weighted by molar-refractivity contribution is 5.83. The molecule has 0 spiro atoms. The first kappa shape index (κ1) is 9.82. The van der Waals surface area contributed by atoms with Gasteiger partial charge in [-0.2, -0.15) is 0 Å². The lowest BCUT2D eigenvalue weighted by Gasteiger charge is -2.11. The Morgan fingerprint density at radius 2 is 1.73 bits per heavy atom. The third kappa shape index (κ3) is 2.50. The van der Waals surface area contributed by atoms with E-state index in [4.69, 9.17) is 15.3 Å². The zero-order valence-electron chi connectivity index (χ0n) is 5.30. The molecular weight excluding hydrogens is 158 g/mol. The summed E-state index contributed by atoms with van der Waals surface area (Å²) in [6.45, 7) is 0. The zero-order valence-corrected chi connectivity index (χ0v) is 5.30. The molecule has 0 fully saturated rings. The molecule has 64 valence electrons. The Morgan fingerprint density at radius 1 is 1.27 bits per heavy atom. The van der Waals surface area contributed by atoms with Gasteiger partial charge in [-0.1, -0.05) is 0 Å². The van der Waals surface area contributed by atoms with E-state index in [2.05, 4.69) is 10.7 Å². The van der Waals surface area contributed by atoms with Gasteiger partial charge in [0.2, 0.25) is 6.10 Å². The van der Waals surface area contributed by atoms with Gasteiger partial charge in [0.25, 0.3) is 0 Å². The van der Waals surface area contributed by atoms with Gasteiger partial charge < -0.3 is 15.3 Å². The van der Waals surface area contributed by atoms with Gasteiger partial charge in [-0.05, 0) is 0 Å². The maximum atomic E-state index is 10.0. The van der Waals surface area contributed by atoms with E-state index >= 15 is 0 Å². The zero-order chi connectivity index (χ0) is 9.02. The van der Waals surface area contributed by atoms with Crippen LogP contribution in [-0.4, -0.2) is 39.5 Å². The molecule has 0 aromatic rings. The molecule has 0 aliphatic rings. The van der Waals surface area contributed by atoms with Crippen molar-refractivity contribution >= 4 is 11.9 Å². The van der Waals surface area contributed by atoms with Gasteiger partial charge in [-0.3, -0.25) is 4.84 Å². The van der Waals surface area contributed by atoms with Gasteiger partial charge in [-0.25, -0.2) is 15.5 Å². The predicted molar refractivity (Wildman–Crippen MR) is 30.3 cm³/mol. The van der Waals surface area contributed by atoms with Crippen molar-refractivity contribution < 1.29 is 29.7 Å². The molecule has 0 saturated carbocycles. The van der Waals surface area contributed by atoms with Crippen LogP contribution in [0.2, 0.25) is 0 Å². The van der Waals surface area contributed by atoms with Crippen molar-refractivity contribution in [3.8, 4) is 0 Å². The Kier molecular flexibility index (Phi) is 3.45. The fourth-order valence-electron chi connectivity index (χ4n) is 0.397. The fraction of sp³-hybridized carbons (Fsp3) is 0.500. The van der Waals surface area contributed by atoms with E-state index < -0.39 is 24.1 Å². The van der Waals surface area contributed by atoms with Crippen LogP contribution in [0.5, 0.6) is 0 Å². The van der Waals surface area contributed by atoms with Crippen molar-refractivity contribution in [3.63, 3.8) is 0 Å². The topological polar surface area (TPSA) is 130 Å². The number of rotatable bonds is 4. The fourth-order valence-corrected chi connectivity index (χ4v) is 0.397. The second kappa shape index (κ2) is 3.86. The molecule has 7 heteroatoms. The first-order chi connectivity index (χ1) is 5.00. The molecular formula is C4H7NO6. The van der Waals surface area contributed by atoms with Crippen molar-refractivity contribution in [1.29, 1.82) is 0 Å². The maximum Gasteiger partial charge on any atom is 0.338 e. The Balaban J connectivity index is 4.25. The number of aliphatic hydroxyl groups is 1. The average Bonchev–Trinajstić information content (AvgIpc) is 1.88. The molecule has 0 aromatic heterocycles. The van der Waals surface area contributed by atoms with Gasteiger partial charge >= 0.3 is 11.9 Å². The van der Waals surface area contributed by atoms with Crippen LogP contribution in [0.1, 0.15) is 0 Å². The summed E-state index contributed by atoms with van der Waals surface area (Å²) in [5.74, 6) is 1.07. The van der Waals surface area contributed by atoms with Crippen molar-refractivity contribution in [1.82, 2.24) is 0 Å². The second-order valence-electron chi connectivity index (χ2n) is 1.68. The quantitative estimate of drug-likeness (QED) is 0.347. The molecule has 7 nitrogen and oxygen atoms in total. The summed E-state index contributed by atoms with van der Waals surface area (Å²) in [6, 6.07) is 0. The van der Waals surface area contributed by atoms with Crippen LogP contribution in [-0.2, 0) is 14.4 Å². The largest absolute Gasteiger partial charge is 0.479 e. The third-order valence-corrected chi connectivity index (χ3v) is 0.930. The molecule has 5 N–H and O–H groups in total. The molecule has 11 heavy (non-hydrogen) atoms. The molecule has 0 rings (SSSR count). The van der Waals surface area contributed by atoms with E-state index in [1.54, 1.807) is 0 Å². The molecule has 0 aromatic carbocycles. The van der Waals surface area contributed by atoms with E-state index in [1.807, 2.05) is 0 Å². The van der Waals surface area contributed by atoms with Crippen LogP contribution < -0.4 is 5.90 Å². The normalized spacial score (nSPS) is 15.5. The summed E-state index contributed by atoms with van der Waals surface area (Å²) in [6.07, 6.45) is -4.09. The number of nitrogens with two attached hydrogens (primary N) is 1. The van der Waals surface area contributed by atoms with Crippen LogP contribution in [0.25, 0.3) is 0 Å². The van der Waals surface area contributed by atoms with E-state index in [-0.39, 0.29) is 0 Å². The summed E-state index contributed by atoms with van der Waals surface area (Å²) in [5.41, 5.74) is 0. The van der Waals surface area contributed by atoms with Gasteiger partial charge in [0, 0.05) is 0 Å². The molecule has 0 saturated heterocycles. The van der Waals surface area contributed by atoms with Crippen molar-refractivity contribution in [3.05, 3.63) is 0 Å². The van der Waals surface area contributed by atoms with Gasteiger partial charge in [0.05, 0.1) is 0 Å². The molecule has 0 bridgehead atoms. The third-order valence-electron chi connectivity index (χ3n) is 0.930. The average molecular weight is 165 g/mol. The number of carboxylic acid groups (broad SMARTS) is 2. The van der Waals surface area contributed by atoms with E-state index in [0.29, 0.717) is 0 Å². The van der Waals surface area contributed by atoms with Crippen molar-refractivity contribution in [2.24, 2.45) is 5.90 Å². The van der Waals surface area contributed by atoms with Gasteiger partial charge in [0.1, 0.15) is 0 Å². The van der Waals surface area contributed by atoms with Gasteiger partial charge in [0.15, 0.2) is 6.10 Å².